The molecule has 2 aromatic heterocycles. The van der Waals surface area contributed by atoms with Crippen LogP contribution in [0.4, 0.5) is 5.82 Å². The van der Waals surface area contributed by atoms with Gasteiger partial charge in [0.25, 0.3) is 0 Å². The fraction of sp³-hybridized carbons (Fsp3) is 0.667. The molecule has 2 aromatic rings. The minimum Gasteiger partial charge on any atom is -0.366 e. The van der Waals surface area contributed by atoms with Gasteiger partial charge < -0.3 is 15.1 Å². The first-order valence-corrected chi connectivity index (χ1v) is 10.0. The van der Waals surface area contributed by atoms with Crippen molar-refractivity contribution >= 4 is 39.3 Å². The van der Waals surface area contributed by atoms with E-state index in [1.54, 1.807) is 29.4 Å². The lowest BCUT2D eigenvalue weighted by molar-refractivity contribution is 0.151. The Morgan fingerprint density at radius 1 is 1.30 bits per heavy atom. The molecule has 1 aliphatic heterocycles. The van der Waals surface area contributed by atoms with Crippen LogP contribution in [-0.2, 0) is 0 Å². The first-order valence-electron chi connectivity index (χ1n) is 7.98. The third kappa shape index (κ3) is 4.32. The molecular formula is C15H24N6S2. The minimum absolute atomic E-state index is 0.382. The summed E-state index contributed by atoms with van der Waals surface area (Å²) in [5, 5.41) is 3.54. The number of hydrogen-bond donors (Lipinski definition) is 1. The van der Waals surface area contributed by atoms with Gasteiger partial charge in [0.15, 0.2) is 9.99 Å². The number of piperazine rings is 1. The zero-order chi connectivity index (χ0) is 16.2. The van der Waals surface area contributed by atoms with Gasteiger partial charge in [-0.2, -0.15) is 0 Å². The summed E-state index contributed by atoms with van der Waals surface area (Å²) in [7, 11) is 2.19. The van der Waals surface area contributed by atoms with Crippen molar-refractivity contribution in [2.24, 2.45) is 0 Å². The Bertz CT molecular complexity index is 638. The van der Waals surface area contributed by atoms with E-state index >= 15 is 0 Å². The number of hydrogen-bond acceptors (Lipinski definition) is 8. The van der Waals surface area contributed by atoms with Crippen LogP contribution >= 0.6 is 23.1 Å². The molecule has 0 radical (unpaired) electrons. The van der Waals surface area contributed by atoms with Gasteiger partial charge >= 0.3 is 0 Å². The number of anilines is 1. The van der Waals surface area contributed by atoms with Crippen LogP contribution in [0.2, 0.25) is 0 Å². The highest BCUT2D eigenvalue weighted by molar-refractivity contribution is 8.00. The van der Waals surface area contributed by atoms with Crippen LogP contribution in [0.3, 0.4) is 0 Å². The number of thioether (sulfide) groups is 1. The summed E-state index contributed by atoms with van der Waals surface area (Å²) in [6.07, 6.45) is 4.75. The van der Waals surface area contributed by atoms with Gasteiger partial charge in [-0.3, -0.25) is 0 Å². The number of fused-ring (bicyclic) bond motifs is 1. The fourth-order valence-electron chi connectivity index (χ4n) is 2.68. The maximum absolute atomic E-state index is 4.50. The predicted molar refractivity (Wildman–Crippen MR) is 98.6 cm³/mol. The number of rotatable bonds is 6. The quantitative estimate of drug-likeness (QED) is 0.800. The number of thiazole rings is 1. The first kappa shape index (κ1) is 16.9. The molecule has 1 fully saturated rings. The topological polar surface area (TPSA) is 57.2 Å². The van der Waals surface area contributed by atoms with Gasteiger partial charge in [-0.05, 0) is 26.6 Å². The standard InChI is InChI=1S/C15H24N6S2/c1-11(4-5-21-8-6-20(2)7-9-21)18-13-12-14(17-10-16-13)19-15(22-3)23-12/h10-11H,4-9H2,1-3H3,(H,16,17,18). The summed E-state index contributed by atoms with van der Waals surface area (Å²) in [5.74, 6) is 0.915. The van der Waals surface area contributed by atoms with Crippen LogP contribution in [0, 0.1) is 0 Å². The summed E-state index contributed by atoms with van der Waals surface area (Å²) in [6.45, 7) is 8.05. The Hall–Kier alpha value is -0.960. The Morgan fingerprint density at radius 2 is 2.09 bits per heavy atom. The normalized spacial score (nSPS) is 18.4. The molecule has 0 saturated carbocycles. The van der Waals surface area contributed by atoms with Gasteiger partial charge in [0, 0.05) is 38.8 Å². The van der Waals surface area contributed by atoms with E-state index < -0.39 is 0 Å². The molecule has 23 heavy (non-hydrogen) atoms. The number of nitrogens with one attached hydrogen (secondary N) is 1. The van der Waals surface area contributed by atoms with Crippen molar-refractivity contribution in [2.75, 3.05) is 51.3 Å². The van der Waals surface area contributed by atoms with E-state index in [1.165, 1.54) is 26.2 Å². The van der Waals surface area contributed by atoms with Gasteiger partial charge in [0.1, 0.15) is 16.8 Å². The molecule has 1 aliphatic rings. The van der Waals surface area contributed by atoms with Crippen molar-refractivity contribution in [3.63, 3.8) is 0 Å². The van der Waals surface area contributed by atoms with Crippen molar-refractivity contribution in [2.45, 2.75) is 23.7 Å². The van der Waals surface area contributed by atoms with Crippen LogP contribution in [0.1, 0.15) is 13.3 Å². The smallest absolute Gasteiger partial charge is 0.176 e. The van der Waals surface area contributed by atoms with Crippen LogP contribution in [0.5, 0.6) is 0 Å². The molecule has 0 spiro atoms. The molecule has 3 rings (SSSR count). The average molecular weight is 353 g/mol. The van der Waals surface area contributed by atoms with Crippen LogP contribution in [0.25, 0.3) is 10.3 Å². The van der Waals surface area contributed by atoms with Crippen molar-refractivity contribution in [3.05, 3.63) is 6.33 Å². The lowest BCUT2D eigenvalue weighted by Gasteiger charge is -2.33. The highest BCUT2D eigenvalue weighted by atomic mass is 32.2. The van der Waals surface area contributed by atoms with E-state index in [4.69, 9.17) is 0 Å². The van der Waals surface area contributed by atoms with Crippen molar-refractivity contribution in [1.82, 2.24) is 24.8 Å². The molecular weight excluding hydrogens is 328 g/mol. The highest BCUT2D eigenvalue weighted by Gasteiger charge is 2.16. The van der Waals surface area contributed by atoms with Crippen LogP contribution in [-0.4, -0.2) is 76.8 Å². The maximum Gasteiger partial charge on any atom is 0.176 e. The molecule has 0 aromatic carbocycles. The second-order valence-corrected chi connectivity index (χ2v) is 8.09. The van der Waals surface area contributed by atoms with Crippen molar-refractivity contribution < 1.29 is 0 Å². The largest absolute Gasteiger partial charge is 0.366 e. The lowest BCUT2D eigenvalue weighted by Crippen LogP contribution is -2.45. The molecule has 8 heteroatoms. The molecule has 1 saturated heterocycles. The number of aromatic nitrogens is 3. The average Bonchev–Trinajstić information content (AvgIpc) is 2.99. The van der Waals surface area contributed by atoms with Gasteiger partial charge in [-0.25, -0.2) is 15.0 Å². The van der Waals surface area contributed by atoms with E-state index in [-0.39, 0.29) is 0 Å². The van der Waals surface area contributed by atoms with Crippen LogP contribution in [0.15, 0.2) is 10.7 Å². The molecule has 126 valence electrons. The zero-order valence-corrected chi connectivity index (χ0v) is 15.6. The molecule has 0 amide bonds. The van der Waals surface area contributed by atoms with Gasteiger partial charge in [-0.1, -0.05) is 11.8 Å². The summed E-state index contributed by atoms with van der Waals surface area (Å²) in [6, 6.07) is 0.382. The predicted octanol–water partition coefficient (Wildman–Crippen LogP) is 2.25. The summed E-state index contributed by atoms with van der Waals surface area (Å²) in [4.78, 5) is 18.1. The first-order chi connectivity index (χ1) is 11.2. The maximum atomic E-state index is 4.50. The third-order valence-electron chi connectivity index (χ3n) is 4.20. The lowest BCUT2D eigenvalue weighted by atomic mass is 10.2. The van der Waals surface area contributed by atoms with E-state index in [0.29, 0.717) is 6.04 Å². The number of nitrogens with zero attached hydrogens (tertiary/aromatic N) is 5. The SMILES string of the molecule is CSc1nc2ncnc(NC(C)CCN3CCN(C)CC3)c2s1. The van der Waals surface area contributed by atoms with Gasteiger partial charge in [0.2, 0.25) is 0 Å². The Morgan fingerprint density at radius 3 is 2.83 bits per heavy atom. The van der Waals surface area contributed by atoms with E-state index in [0.717, 1.165) is 33.5 Å². The fourth-order valence-corrected chi connectivity index (χ4v) is 4.14. The molecule has 1 atom stereocenters. The highest BCUT2D eigenvalue weighted by Crippen LogP contribution is 2.31. The van der Waals surface area contributed by atoms with E-state index in [2.05, 4.69) is 44.0 Å². The Kier molecular flexibility index (Phi) is 5.68. The van der Waals surface area contributed by atoms with Crippen molar-refractivity contribution in [1.29, 1.82) is 0 Å². The Labute approximate surface area is 145 Å². The molecule has 0 aliphatic carbocycles. The summed E-state index contributed by atoms with van der Waals surface area (Å²) >= 11 is 3.31. The summed E-state index contributed by atoms with van der Waals surface area (Å²) in [5.41, 5.74) is 0.795. The molecule has 3 heterocycles. The zero-order valence-electron chi connectivity index (χ0n) is 13.9. The van der Waals surface area contributed by atoms with Crippen molar-refractivity contribution in [3.8, 4) is 0 Å². The van der Waals surface area contributed by atoms with Crippen LogP contribution < -0.4 is 5.32 Å². The molecule has 6 nitrogen and oxygen atoms in total. The monoisotopic (exact) mass is 352 g/mol. The third-order valence-corrected chi connectivity index (χ3v) is 6.24. The number of likely N-dealkylation sites (N-methyl/N-ethyl adjacent to an activating group) is 1. The minimum atomic E-state index is 0.382. The van der Waals surface area contributed by atoms with Gasteiger partial charge in [-0.15, -0.1) is 11.3 Å². The molecule has 1 unspecified atom stereocenters. The molecule has 1 N–H and O–H groups in total. The second-order valence-electron chi connectivity index (χ2n) is 6.04. The summed E-state index contributed by atoms with van der Waals surface area (Å²) < 4.78 is 2.09. The second kappa shape index (κ2) is 7.74. The van der Waals surface area contributed by atoms with E-state index in [9.17, 15) is 0 Å². The Balaban J connectivity index is 1.57. The van der Waals surface area contributed by atoms with Gasteiger partial charge in [0.05, 0.1) is 0 Å². The molecule has 0 bridgehead atoms. The van der Waals surface area contributed by atoms with E-state index in [1.807, 2.05) is 6.26 Å².